The van der Waals surface area contributed by atoms with Crippen LogP contribution in [-0.2, 0) is 9.53 Å². The molecular weight excluding hydrogens is 292 g/mol. The first-order chi connectivity index (χ1) is 11.0. The molecule has 132 valence electrons. The van der Waals surface area contributed by atoms with Crippen LogP contribution in [0.1, 0.15) is 39.5 Å². The Morgan fingerprint density at radius 1 is 1.26 bits per heavy atom. The van der Waals surface area contributed by atoms with Crippen molar-refractivity contribution >= 4 is 5.91 Å². The van der Waals surface area contributed by atoms with Gasteiger partial charge in [0.2, 0.25) is 5.91 Å². The first-order valence-corrected chi connectivity index (χ1v) is 8.87. The maximum Gasteiger partial charge on any atom is 0.223 e. The van der Waals surface area contributed by atoms with E-state index in [-0.39, 0.29) is 17.9 Å². The maximum atomic E-state index is 12.6. The monoisotopic (exact) mass is 324 g/mol. The summed E-state index contributed by atoms with van der Waals surface area (Å²) in [6.45, 7) is 10.1. The highest BCUT2D eigenvalue weighted by molar-refractivity contribution is 5.76. The second-order valence-corrected chi connectivity index (χ2v) is 7.27. The molecule has 1 atom stereocenters. The zero-order chi connectivity index (χ0) is 16.7. The smallest absolute Gasteiger partial charge is 0.223 e. The number of amides is 1. The minimum atomic E-state index is -0.149. The van der Waals surface area contributed by atoms with Crippen molar-refractivity contribution < 1.29 is 14.6 Å². The van der Waals surface area contributed by atoms with Crippen molar-refractivity contribution in [2.45, 2.75) is 39.5 Å². The van der Waals surface area contributed by atoms with Gasteiger partial charge in [-0.05, 0) is 33.1 Å². The minimum Gasteiger partial charge on any atom is -0.396 e. The highest BCUT2D eigenvalue weighted by Crippen LogP contribution is 2.34. The first kappa shape index (κ1) is 18.4. The number of carbonyl (C=O) groups is 1. The lowest BCUT2D eigenvalue weighted by Crippen LogP contribution is -2.48. The highest BCUT2D eigenvalue weighted by atomic mass is 16.5. The number of carbonyl (C=O) groups excluding carboxylic acids is 1. The van der Waals surface area contributed by atoms with Gasteiger partial charge in [0, 0.05) is 44.6 Å². The zero-order valence-corrected chi connectivity index (χ0v) is 14.7. The Balaban J connectivity index is 1.85. The minimum absolute atomic E-state index is 0.149. The van der Waals surface area contributed by atoms with Crippen molar-refractivity contribution in [2.75, 3.05) is 52.5 Å². The van der Waals surface area contributed by atoms with Crippen LogP contribution in [0.25, 0.3) is 0 Å². The second kappa shape index (κ2) is 8.81. The lowest BCUT2D eigenvalue weighted by molar-refractivity contribution is -0.136. The number of ether oxygens (including phenoxy) is 1. The Morgan fingerprint density at radius 2 is 2.00 bits per heavy atom. The Morgan fingerprint density at radius 3 is 2.65 bits per heavy atom. The van der Waals surface area contributed by atoms with E-state index in [1.807, 2.05) is 4.90 Å². The number of hydrogen-bond acceptors (Lipinski definition) is 4. The fourth-order valence-electron chi connectivity index (χ4n) is 3.44. The third-order valence-corrected chi connectivity index (χ3v) is 5.04. The fraction of sp³-hybridized carbons (Fsp3) is 0.833. The molecule has 5 nitrogen and oxygen atoms in total. The molecule has 0 radical (unpaired) electrons. The van der Waals surface area contributed by atoms with Crippen molar-refractivity contribution in [3.8, 4) is 0 Å². The number of morpholine rings is 1. The van der Waals surface area contributed by atoms with E-state index in [0.29, 0.717) is 13.0 Å². The molecule has 0 spiro atoms. The van der Waals surface area contributed by atoms with Crippen LogP contribution in [0.2, 0.25) is 0 Å². The molecule has 23 heavy (non-hydrogen) atoms. The number of rotatable bonds is 6. The molecule has 2 aliphatic heterocycles. The second-order valence-electron chi connectivity index (χ2n) is 7.27. The number of aliphatic hydroxyl groups is 1. The first-order valence-electron chi connectivity index (χ1n) is 8.87. The Kier molecular flexibility index (Phi) is 7.06. The molecule has 0 bridgehead atoms. The van der Waals surface area contributed by atoms with Crippen LogP contribution in [0.3, 0.4) is 0 Å². The van der Waals surface area contributed by atoms with Gasteiger partial charge in [-0.15, -0.1) is 0 Å². The molecule has 0 unspecified atom stereocenters. The van der Waals surface area contributed by atoms with Gasteiger partial charge >= 0.3 is 0 Å². The predicted octanol–water partition coefficient (Wildman–Crippen LogP) is 1.67. The Labute approximate surface area is 140 Å². The van der Waals surface area contributed by atoms with E-state index in [1.54, 1.807) is 0 Å². The molecule has 0 aromatic rings. The average molecular weight is 324 g/mol. The molecular formula is C18H32N2O3. The van der Waals surface area contributed by atoms with Gasteiger partial charge in [-0.1, -0.05) is 11.6 Å². The van der Waals surface area contributed by atoms with E-state index in [0.717, 1.165) is 58.7 Å². The number of aliphatic hydroxyl groups excluding tert-OH is 1. The maximum absolute atomic E-state index is 12.6. The molecule has 1 N–H and O–H groups in total. The van der Waals surface area contributed by atoms with Crippen molar-refractivity contribution in [3.63, 3.8) is 0 Å². The van der Waals surface area contributed by atoms with Crippen molar-refractivity contribution in [1.82, 2.24) is 9.80 Å². The van der Waals surface area contributed by atoms with Crippen LogP contribution in [0.5, 0.6) is 0 Å². The largest absolute Gasteiger partial charge is 0.396 e. The molecule has 2 saturated heterocycles. The van der Waals surface area contributed by atoms with E-state index < -0.39 is 0 Å². The van der Waals surface area contributed by atoms with Gasteiger partial charge < -0.3 is 14.7 Å². The summed E-state index contributed by atoms with van der Waals surface area (Å²) in [5.74, 6) is 0.228. The lowest BCUT2D eigenvalue weighted by Gasteiger charge is -2.42. The Hall–Kier alpha value is -0.910. The van der Waals surface area contributed by atoms with Gasteiger partial charge in [0.25, 0.3) is 0 Å². The summed E-state index contributed by atoms with van der Waals surface area (Å²) < 4.78 is 5.34. The third kappa shape index (κ3) is 5.59. The molecule has 0 aromatic heterocycles. The number of nitrogens with zero attached hydrogens (tertiary/aromatic N) is 2. The summed E-state index contributed by atoms with van der Waals surface area (Å²) in [5.41, 5.74) is 1.12. The van der Waals surface area contributed by atoms with Crippen molar-refractivity contribution in [2.24, 2.45) is 5.41 Å². The number of piperidine rings is 1. The highest BCUT2D eigenvalue weighted by Gasteiger charge is 2.35. The number of allylic oxidation sites excluding steroid dienone is 2. The number of hydrogen-bond donors (Lipinski definition) is 1. The molecule has 2 heterocycles. The van der Waals surface area contributed by atoms with Crippen molar-refractivity contribution in [3.05, 3.63) is 11.6 Å². The van der Waals surface area contributed by atoms with Gasteiger partial charge in [0.15, 0.2) is 0 Å². The molecule has 0 aliphatic carbocycles. The molecule has 2 fully saturated rings. The summed E-state index contributed by atoms with van der Waals surface area (Å²) in [7, 11) is 0. The van der Waals surface area contributed by atoms with E-state index in [1.165, 1.54) is 5.57 Å². The van der Waals surface area contributed by atoms with Crippen LogP contribution >= 0.6 is 0 Å². The predicted molar refractivity (Wildman–Crippen MR) is 91.3 cm³/mol. The van der Waals surface area contributed by atoms with Crippen LogP contribution in [0.15, 0.2) is 11.6 Å². The topological polar surface area (TPSA) is 53.0 Å². The van der Waals surface area contributed by atoms with Crippen molar-refractivity contribution in [1.29, 1.82) is 0 Å². The van der Waals surface area contributed by atoms with Crippen LogP contribution in [0, 0.1) is 5.41 Å². The van der Waals surface area contributed by atoms with Gasteiger partial charge in [-0.25, -0.2) is 0 Å². The number of likely N-dealkylation sites (tertiary alicyclic amines) is 1. The van der Waals surface area contributed by atoms with E-state index in [4.69, 9.17) is 4.74 Å². The van der Waals surface area contributed by atoms with Gasteiger partial charge in [-0.2, -0.15) is 0 Å². The summed E-state index contributed by atoms with van der Waals surface area (Å²) >= 11 is 0. The summed E-state index contributed by atoms with van der Waals surface area (Å²) in [4.78, 5) is 16.8. The SMILES string of the molecule is CC(C)=CC[C@]1(CO)CCCN(C(=O)CCN2CCOCC2)C1. The Bertz CT molecular complexity index is 414. The standard InChI is InChI=1S/C18H32N2O3/c1-16(2)4-7-18(15-21)6-3-8-20(14-18)17(22)5-9-19-10-12-23-13-11-19/h4,21H,3,5-15H2,1-2H3/t18-/m1/s1. The normalized spacial score (nSPS) is 26.1. The zero-order valence-electron chi connectivity index (χ0n) is 14.7. The molecule has 2 aliphatic rings. The van der Waals surface area contributed by atoms with E-state index in [2.05, 4.69) is 24.8 Å². The summed E-state index contributed by atoms with van der Waals surface area (Å²) in [6, 6.07) is 0. The summed E-state index contributed by atoms with van der Waals surface area (Å²) in [5, 5.41) is 9.90. The van der Waals surface area contributed by atoms with Crippen LogP contribution in [0.4, 0.5) is 0 Å². The lowest BCUT2D eigenvalue weighted by atomic mass is 9.77. The average Bonchev–Trinajstić information content (AvgIpc) is 2.59. The van der Waals surface area contributed by atoms with Gasteiger partial charge in [-0.3, -0.25) is 9.69 Å². The fourth-order valence-corrected chi connectivity index (χ4v) is 3.44. The molecule has 1 amide bonds. The summed E-state index contributed by atoms with van der Waals surface area (Å²) in [6.07, 6.45) is 5.61. The van der Waals surface area contributed by atoms with Gasteiger partial charge in [0.1, 0.15) is 0 Å². The van der Waals surface area contributed by atoms with E-state index in [9.17, 15) is 9.90 Å². The third-order valence-electron chi connectivity index (χ3n) is 5.04. The molecule has 2 rings (SSSR count). The molecule has 0 aromatic carbocycles. The van der Waals surface area contributed by atoms with Crippen LogP contribution < -0.4 is 0 Å². The molecule has 0 saturated carbocycles. The van der Waals surface area contributed by atoms with Gasteiger partial charge in [0.05, 0.1) is 19.8 Å². The van der Waals surface area contributed by atoms with Crippen LogP contribution in [-0.4, -0.2) is 73.4 Å². The molecule has 5 heteroatoms. The van der Waals surface area contributed by atoms with E-state index >= 15 is 0 Å². The quantitative estimate of drug-likeness (QED) is 0.755.